The first-order chi connectivity index (χ1) is 22.3. The van der Waals surface area contributed by atoms with E-state index in [0.717, 1.165) is 74.8 Å². The summed E-state index contributed by atoms with van der Waals surface area (Å²) in [5, 5.41) is 39.3. The second kappa shape index (κ2) is 14.6. The zero-order valence-electron chi connectivity index (χ0n) is 27.2. The van der Waals surface area contributed by atoms with Crippen LogP contribution >= 0.6 is 0 Å². The number of amides is 1. The number of nitrogens with one attached hydrogen (secondary N) is 2. The van der Waals surface area contributed by atoms with E-state index >= 15 is 0 Å². The number of aliphatic hydroxyl groups is 2. The molecule has 2 bridgehead atoms. The number of piperidine rings is 3. The van der Waals surface area contributed by atoms with Gasteiger partial charge in [0.25, 0.3) is 5.91 Å². The van der Waals surface area contributed by atoms with Gasteiger partial charge in [0.2, 0.25) is 0 Å². The molecule has 10 heteroatoms. The first-order valence-electron chi connectivity index (χ1n) is 17.4. The molecule has 46 heavy (non-hydrogen) atoms. The minimum Gasteiger partial charge on any atom is -0.508 e. The third-order valence-electron chi connectivity index (χ3n) is 10.9. The third-order valence-corrected chi connectivity index (χ3v) is 10.9. The minimum atomic E-state index is -0.960. The van der Waals surface area contributed by atoms with Crippen molar-refractivity contribution in [3.05, 3.63) is 53.6 Å². The molecule has 252 valence electrons. The zero-order valence-corrected chi connectivity index (χ0v) is 27.2. The summed E-state index contributed by atoms with van der Waals surface area (Å²) in [7, 11) is 0. The van der Waals surface area contributed by atoms with Gasteiger partial charge in [-0.25, -0.2) is 0 Å². The molecule has 1 aliphatic carbocycles. The summed E-state index contributed by atoms with van der Waals surface area (Å²) in [5.41, 5.74) is 0.810. The SMILES string of the molecule is CCCC(NC[C@H](O)c1cc(O)cc2c1OCC(=O)N2)OCC[N+]12CCC(CC1)[C@@H](OCC(O)(c1ccccc1)C1CCCC1)C2. The maximum atomic E-state index is 12.0. The lowest BCUT2D eigenvalue weighted by Crippen LogP contribution is -2.65. The van der Waals surface area contributed by atoms with Crippen molar-refractivity contribution in [2.24, 2.45) is 11.8 Å². The van der Waals surface area contributed by atoms with Crippen molar-refractivity contribution in [1.29, 1.82) is 0 Å². The van der Waals surface area contributed by atoms with E-state index in [-0.39, 0.29) is 43.1 Å². The van der Waals surface area contributed by atoms with Crippen molar-refractivity contribution >= 4 is 11.6 Å². The number of rotatable bonds is 15. The highest BCUT2D eigenvalue weighted by molar-refractivity contribution is 5.96. The number of aromatic hydroxyl groups is 1. The number of benzene rings is 2. The molecule has 2 aromatic rings. The fourth-order valence-electron chi connectivity index (χ4n) is 8.23. The summed E-state index contributed by atoms with van der Waals surface area (Å²) in [5.74, 6) is 0.811. The van der Waals surface area contributed by atoms with Gasteiger partial charge in [-0.1, -0.05) is 56.5 Å². The monoisotopic (exact) mass is 638 g/mol. The summed E-state index contributed by atoms with van der Waals surface area (Å²) in [6.07, 6.45) is 7.38. The third kappa shape index (κ3) is 7.37. The van der Waals surface area contributed by atoms with E-state index < -0.39 is 11.7 Å². The van der Waals surface area contributed by atoms with E-state index in [1.54, 1.807) is 0 Å². The predicted octanol–water partition coefficient (Wildman–Crippen LogP) is 4.19. The molecule has 0 radical (unpaired) electrons. The van der Waals surface area contributed by atoms with E-state index in [4.69, 9.17) is 14.2 Å². The number of phenolic OH excluding ortho intramolecular Hbond substituents is 1. The molecule has 2 aromatic carbocycles. The molecule has 2 unspecified atom stereocenters. The minimum absolute atomic E-state index is 0.0512. The van der Waals surface area contributed by atoms with Crippen molar-refractivity contribution < 1.29 is 38.8 Å². The van der Waals surface area contributed by atoms with Crippen LogP contribution in [0.1, 0.15) is 75.5 Å². The van der Waals surface area contributed by atoms with Crippen molar-refractivity contribution in [3.63, 3.8) is 0 Å². The Labute approximate surface area is 272 Å². The fourth-order valence-corrected chi connectivity index (χ4v) is 8.23. The fraction of sp³-hybridized carbons (Fsp3) is 0.639. The second-order valence-electron chi connectivity index (χ2n) is 14.0. The van der Waals surface area contributed by atoms with Gasteiger partial charge < -0.3 is 39.3 Å². The molecule has 1 saturated carbocycles. The lowest BCUT2D eigenvalue weighted by atomic mass is 9.80. The Morgan fingerprint density at radius 1 is 1.13 bits per heavy atom. The molecule has 3 saturated heterocycles. The Bertz CT molecular complexity index is 1310. The Balaban J connectivity index is 1.03. The Morgan fingerprint density at radius 3 is 2.63 bits per heavy atom. The molecule has 4 aliphatic heterocycles. The van der Waals surface area contributed by atoms with Crippen LogP contribution in [0.3, 0.4) is 0 Å². The molecule has 4 fully saturated rings. The first kappa shape index (κ1) is 33.2. The van der Waals surface area contributed by atoms with Crippen LogP contribution in [0.15, 0.2) is 42.5 Å². The quantitative estimate of drug-likeness (QED) is 0.145. The molecule has 7 rings (SSSR count). The zero-order chi connectivity index (χ0) is 32.1. The lowest BCUT2D eigenvalue weighted by Gasteiger charge is -2.53. The van der Waals surface area contributed by atoms with Gasteiger partial charge in [-0.05, 0) is 36.8 Å². The number of hydrogen-bond acceptors (Lipinski definition) is 8. The number of fused-ring (bicyclic) bond motifs is 4. The number of carbonyl (C=O) groups is 1. The maximum absolute atomic E-state index is 12.0. The van der Waals surface area contributed by atoms with Gasteiger partial charge in [0.15, 0.2) is 6.61 Å². The van der Waals surface area contributed by atoms with Crippen LogP contribution in [0, 0.1) is 11.8 Å². The van der Waals surface area contributed by atoms with Crippen LogP contribution in [0.5, 0.6) is 11.5 Å². The van der Waals surface area contributed by atoms with Crippen LogP contribution in [0.2, 0.25) is 0 Å². The van der Waals surface area contributed by atoms with Gasteiger partial charge in [-0.2, -0.15) is 0 Å². The topological polar surface area (TPSA) is 130 Å². The van der Waals surface area contributed by atoms with Gasteiger partial charge in [-0.15, -0.1) is 0 Å². The molecule has 0 spiro atoms. The number of nitrogens with zero attached hydrogens (tertiary/aromatic N) is 1. The number of anilines is 1. The van der Waals surface area contributed by atoms with Gasteiger partial charge >= 0.3 is 0 Å². The standard InChI is InChI=1S/C36H51N3O7/c1-2-8-34(37-21-31(41)29-19-28(40)20-30-35(29)45-23-33(42)38-30)44-18-17-39-15-13-25(14-16-39)32(22-39)46-24-36(43,27-11-6-7-12-27)26-9-4-3-5-10-26/h3-5,9-10,19-20,25,27,31-32,34,37,41,43H,2,6-8,11-18,21-24H2,1H3,(H-,38,40,42)/p+1/t25?,31-,32-,34?,36?,39?/m0/s1. The number of hydrogen-bond donors (Lipinski definition) is 5. The highest BCUT2D eigenvalue weighted by Gasteiger charge is 2.48. The lowest BCUT2D eigenvalue weighted by molar-refractivity contribution is -0.946. The summed E-state index contributed by atoms with van der Waals surface area (Å²) >= 11 is 0. The maximum Gasteiger partial charge on any atom is 0.262 e. The van der Waals surface area contributed by atoms with Crippen molar-refractivity contribution in [2.75, 3.05) is 57.9 Å². The van der Waals surface area contributed by atoms with Crippen LogP contribution in [-0.2, 0) is 19.9 Å². The normalized spacial score (nSPS) is 27.0. The predicted molar refractivity (Wildman–Crippen MR) is 174 cm³/mol. The van der Waals surface area contributed by atoms with Gasteiger partial charge in [-0.3, -0.25) is 10.1 Å². The van der Waals surface area contributed by atoms with E-state index in [2.05, 4.69) is 17.6 Å². The average molecular weight is 639 g/mol. The van der Waals surface area contributed by atoms with Crippen molar-refractivity contribution in [3.8, 4) is 11.5 Å². The summed E-state index contributed by atoms with van der Waals surface area (Å²) in [6.45, 7) is 7.24. The average Bonchev–Trinajstić information content (AvgIpc) is 3.62. The Morgan fingerprint density at radius 2 is 1.89 bits per heavy atom. The number of phenols is 1. The molecule has 5 aliphatic rings. The van der Waals surface area contributed by atoms with Gasteiger partial charge in [0.05, 0.1) is 38.1 Å². The van der Waals surface area contributed by atoms with Crippen LogP contribution < -0.4 is 15.4 Å². The van der Waals surface area contributed by atoms with Gasteiger partial charge in [0.1, 0.15) is 42.5 Å². The highest BCUT2D eigenvalue weighted by Crippen LogP contribution is 2.43. The van der Waals surface area contributed by atoms with E-state index in [1.807, 2.05) is 30.3 Å². The van der Waals surface area contributed by atoms with Crippen molar-refractivity contribution in [2.45, 2.75) is 82.3 Å². The van der Waals surface area contributed by atoms with Crippen molar-refractivity contribution in [1.82, 2.24) is 5.32 Å². The Kier molecular flexibility index (Phi) is 10.5. The number of aliphatic hydroxyl groups excluding tert-OH is 1. The smallest absolute Gasteiger partial charge is 0.262 e. The summed E-state index contributed by atoms with van der Waals surface area (Å²) < 4.78 is 19.6. The number of quaternary nitrogens is 1. The molecule has 5 N–H and O–H groups in total. The number of ether oxygens (including phenoxy) is 3. The van der Waals surface area contributed by atoms with Crippen LogP contribution in [0.4, 0.5) is 5.69 Å². The largest absolute Gasteiger partial charge is 0.508 e. The van der Waals surface area contributed by atoms with Crippen LogP contribution in [0.25, 0.3) is 0 Å². The molecule has 1 amide bonds. The molecule has 4 heterocycles. The second-order valence-corrected chi connectivity index (χ2v) is 14.0. The van der Waals surface area contributed by atoms with E-state index in [1.165, 1.54) is 25.0 Å². The molecule has 4 atom stereocenters. The molecular formula is C36H52N3O7+. The van der Waals surface area contributed by atoms with Crippen LogP contribution in [-0.4, -0.2) is 90.6 Å². The molecule has 0 aromatic heterocycles. The Hall–Kier alpha value is -2.73. The van der Waals surface area contributed by atoms with Gasteiger partial charge in [0, 0.05) is 36.9 Å². The number of carbonyl (C=O) groups excluding carboxylic acids is 1. The molecule has 10 nitrogen and oxygen atoms in total. The van der Waals surface area contributed by atoms with E-state index in [9.17, 15) is 20.1 Å². The highest BCUT2D eigenvalue weighted by atomic mass is 16.5. The summed E-state index contributed by atoms with van der Waals surface area (Å²) in [4.78, 5) is 11.7. The summed E-state index contributed by atoms with van der Waals surface area (Å²) in [6, 6.07) is 13.0. The van der Waals surface area contributed by atoms with E-state index in [0.29, 0.717) is 36.1 Å². The first-order valence-corrected chi connectivity index (χ1v) is 17.4. The molecular weight excluding hydrogens is 586 g/mol.